The molecule has 0 N–H and O–H groups in total. The Balaban J connectivity index is 1.64. The van der Waals surface area contributed by atoms with Gasteiger partial charge < -0.3 is 14.5 Å². The van der Waals surface area contributed by atoms with Crippen molar-refractivity contribution in [3.8, 4) is 11.1 Å². The summed E-state index contributed by atoms with van der Waals surface area (Å²) in [6, 6.07) is 16.6. The van der Waals surface area contributed by atoms with Crippen LogP contribution in [0.3, 0.4) is 0 Å². The smallest absolute Gasteiger partial charge is 0.409 e. The molecule has 1 aliphatic rings. The molecule has 0 bridgehead atoms. The van der Waals surface area contributed by atoms with E-state index in [-0.39, 0.29) is 31.0 Å². The van der Waals surface area contributed by atoms with Gasteiger partial charge in [0.15, 0.2) is 0 Å². The largest absolute Gasteiger partial charge is 0.448 e. The summed E-state index contributed by atoms with van der Waals surface area (Å²) >= 11 is 0. The molecule has 2 amide bonds. The van der Waals surface area contributed by atoms with E-state index >= 15 is 0 Å². The predicted octanol–water partition coefficient (Wildman–Crippen LogP) is 4.12. The minimum atomic E-state index is -0.479. The van der Waals surface area contributed by atoms with Crippen molar-refractivity contribution in [2.45, 2.75) is 32.2 Å². The van der Waals surface area contributed by atoms with Crippen molar-refractivity contribution in [1.29, 1.82) is 0 Å². The van der Waals surface area contributed by atoms with Crippen molar-refractivity contribution in [2.75, 3.05) is 27.2 Å². The molecule has 0 fully saturated rings. The zero-order chi connectivity index (χ0) is 20.3. The minimum absolute atomic E-state index is 0.0114. The van der Waals surface area contributed by atoms with Gasteiger partial charge in [-0.05, 0) is 35.6 Å². The first-order valence-corrected chi connectivity index (χ1v) is 9.75. The zero-order valence-electron chi connectivity index (χ0n) is 17.0. The molecule has 0 spiro atoms. The molecule has 0 aromatic heterocycles. The third-order valence-corrected chi connectivity index (χ3v) is 5.67. The first-order valence-electron chi connectivity index (χ1n) is 9.75. The summed E-state index contributed by atoms with van der Waals surface area (Å²) in [5, 5.41) is 0. The van der Waals surface area contributed by atoms with Gasteiger partial charge >= 0.3 is 6.09 Å². The van der Waals surface area contributed by atoms with Crippen molar-refractivity contribution in [2.24, 2.45) is 0 Å². The fourth-order valence-electron chi connectivity index (χ4n) is 3.60. The third-order valence-electron chi connectivity index (χ3n) is 5.67. The highest BCUT2D eigenvalue weighted by Gasteiger charge is 2.29. The second-order valence-corrected chi connectivity index (χ2v) is 7.42. The molecule has 3 rings (SSSR count). The Morgan fingerprint density at radius 1 is 1.00 bits per heavy atom. The second kappa shape index (κ2) is 8.46. The van der Waals surface area contributed by atoms with E-state index in [0.717, 1.165) is 6.42 Å². The van der Waals surface area contributed by atoms with Crippen molar-refractivity contribution >= 4 is 12.0 Å². The Kier molecular flexibility index (Phi) is 6.02. The zero-order valence-corrected chi connectivity index (χ0v) is 17.0. The van der Waals surface area contributed by atoms with Crippen LogP contribution in [0.2, 0.25) is 0 Å². The van der Waals surface area contributed by atoms with Crippen LogP contribution in [0.4, 0.5) is 4.79 Å². The summed E-state index contributed by atoms with van der Waals surface area (Å²) in [5.74, 6) is -0.0754. The van der Waals surface area contributed by atoms with Gasteiger partial charge in [0.05, 0.1) is 0 Å². The molecule has 28 heavy (non-hydrogen) atoms. The molecule has 0 radical (unpaired) electrons. The van der Waals surface area contributed by atoms with E-state index < -0.39 is 6.09 Å². The van der Waals surface area contributed by atoms with Crippen LogP contribution in [0.25, 0.3) is 11.1 Å². The van der Waals surface area contributed by atoms with Gasteiger partial charge in [-0.25, -0.2) is 4.79 Å². The summed E-state index contributed by atoms with van der Waals surface area (Å²) in [7, 11) is 3.36. The van der Waals surface area contributed by atoms with E-state index in [2.05, 4.69) is 24.3 Å². The lowest BCUT2D eigenvalue weighted by Gasteiger charge is -2.26. The van der Waals surface area contributed by atoms with Gasteiger partial charge in [0.2, 0.25) is 5.91 Å². The lowest BCUT2D eigenvalue weighted by Crippen LogP contribution is -2.43. The normalized spacial score (nSPS) is 13.4. The maximum Gasteiger partial charge on any atom is 0.409 e. The van der Waals surface area contributed by atoms with E-state index in [1.807, 2.05) is 38.1 Å². The van der Waals surface area contributed by atoms with Gasteiger partial charge in [0, 0.05) is 26.1 Å². The van der Waals surface area contributed by atoms with Crippen LogP contribution in [-0.2, 0) is 9.53 Å². The van der Waals surface area contributed by atoms with Crippen molar-refractivity contribution in [3.63, 3.8) is 0 Å². The summed E-state index contributed by atoms with van der Waals surface area (Å²) in [4.78, 5) is 27.8. The van der Waals surface area contributed by atoms with Crippen molar-refractivity contribution < 1.29 is 14.3 Å². The number of likely N-dealkylation sites (N-methyl/N-ethyl adjacent to an activating group) is 2. The SMILES string of the molecule is CCC(C)N(C)C(=O)CN(C)C(=O)OCC1c2ccccc2-c2ccccc21. The molecular weight excluding hydrogens is 352 g/mol. The van der Waals surface area contributed by atoms with Gasteiger partial charge in [0.25, 0.3) is 0 Å². The van der Waals surface area contributed by atoms with E-state index in [9.17, 15) is 9.59 Å². The van der Waals surface area contributed by atoms with E-state index in [0.29, 0.717) is 0 Å². The van der Waals surface area contributed by atoms with Gasteiger partial charge in [-0.1, -0.05) is 55.5 Å². The standard InChI is InChI=1S/C23H28N2O3/c1-5-16(2)25(4)22(26)14-24(3)23(27)28-15-21-19-12-8-6-10-17(19)18-11-7-9-13-20(18)21/h6-13,16,21H,5,14-15H2,1-4H3. The van der Waals surface area contributed by atoms with Crippen LogP contribution in [0, 0.1) is 0 Å². The first kappa shape index (κ1) is 19.9. The number of amides is 2. The molecule has 148 valence electrons. The molecule has 0 heterocycles. The summed E-state index contributed by atoms with van der Waals surface area (Å²) < 4.78 is 5.59. The van der Waals surface area contributed by atoms with Gasteiger partial charge in [-0.2, -0.15) is 0 Å². The fraction of sp³-hybridized carbons (Fsp3) is 0.391. The van der Waals surface area contributed by atoms with E-state index in [1.165, 1.54) is 27.2 Å². The highest BCUT2D eigenvalue weighted by atomic mass is 16.6. The Hall–Kier alpha value is -2.82. The summed E-state index contributed by atoms with van der Waals surface area (Å²) in [6.07, 6.45) is 0.393. The van der Waals surface area contributed by atoms with Crippen LogP contribution in [-0.4, -0.2) is 55.1 Å². The number of carbonyl (C=O) groups excluding carboxylic acids is 2. The average molecular weight is 380 g/mol. The van der Waals surface area contributed by atoms with Gasteiger partial charge in [0.1, 0.15) is 13.2 Å². The molecular formula is C23H28N2O3. The molecule has 5 nitrogen and oxygen atoms in total. The molecule has 5 heteroatoms. The van der Waals surface area contributed by atoms with Crippen LogP contribution < -0.4 is 0 Å². The Morgan fingerprint density at radius 2 is 1.54 bits per heavy atom. The fourth-order valence-corrected chi connectivity index (χ4v) is 3.60. The molecule has 1 aliphatic carbocycles. The number of fused-ring (bicyclic) bond motifs is 3. The number of nitrogens with zero attached hydrogens (tertiary/aromatic N) is 2. The summed E-state index contributed by atoms with van der Waals surface area (Å²) in [5.41, 5.74) is 4.73. The molecule has 1 atom stereocenters. The van der Waals surface area contributed by atoms with Crippen LogP contribution in [0.15, 0.2) is 48.5 Å². The lowest BCUT2D eigenvalue weighted by molar-refractivity contribution is -0.132. The first-order chi connectivity index (χ1) is 13.4. The molecule has 0 aliphatic heterocycles. The lowest BCUT2D eigenvalue weighted by atomic mass is 9.98. The van der Waals surface area contributed by atoms with Crippen molar-refractivity contribution in [3.05, 3.63) is 59.7 Å². The van der Waals surface area contributed by atoms with E-state index in [4.69, 9.17) is 4.74 Å². The monoisotopic (exact) mass is 380 g/mol. The number of ether oxygens (including phenoxy) is 1. The Morgan fingerprint density at radius 3 is 2.07 bits per heavy atom. The molecule has 0 saturated carbocycles. The quantitative estimate of drug-likeness (QED) is 0.757. The second-order valence-electron chi connectivity index (χ2n) is 7.42. The van der Waals surface area contributed by atoms with Crippen LogP contribution in [0.1, 0.15) is 37.3 Å². The Bertz CT molecular complexity index is 819. The number of hydrogen-bond donors (Lipinski definition) is 0. The number of hydrogen-bond acceptors (Lipinski definition) is 3. The van der Waals surface area contributed by atoms with Crippen LogP contribution in [0.5, 0.6) is 0 Å². The third kappa shape index (κ3) is 3.88. The highest BCUT2D eigenvalue weighted by Crippen LogP contribution is 2.44. The number of benzene rings is 2. The molecule has 2 aromatic carbocycles. The van der Waals surface area contributed by atoms with Crippen molar-refractivity contribution in [1.82, 2.24) is 9.80 Å². The number of rotatable bonds is 6. The van der Waals surface area contributed by atoms with E-state index in [1.54, 1.807) is 19.0 Å². The minimum Gasteiger partial charge on any atom is -0.448 e. The molecule has 2 aromatic rings. The number of carbonyl (C=O) groups is 2. The highest BCUT2D eigenvalue weighted by molar-refractivity contribution is 5.82. The Labute approximate surface area is 166 Å². The summed E-state index contributed by atoms with van der Waals surface area (Å²) in [6.45, 7) is 4.29. The molecule has 1 unspecified atom stereocenters. The predicted molar refractivity (Wildman–Crippen MR) is 110 cm³/mol. The maximum atomic E-state index is 12.5. The maximum absolute atomic E-state index is 12.5. The molecule has 0 saturated heterocycles. The topological polar surface area (TPSA) is 49.9 Å². The average Bonchev–Trinajstić information content (AvgIpc) is 3.04. The van der Waals surface area contributed by atoms with Crippen LogP contribution >= 0.6 is 0 Å². The van der Waals surface area contributed by atoms with Gasteiger partial charge in [-0.15, -0.1) is 0 Å². The van der Waals surface area contributed by atoms with Gasteiger partial charge in [-0.3, -0.25) is 4.79 Å².